The fourth-order valence-electron chi connectivity index (χ4n) is 2.37. The minimum absolute atomic E-state index is 0.0150. The molecule has 4 atom stereocenters. The molecule has 11 nitrogen and oxygen atoms in total. The minimum Gasteiger partial charge on any atom is -0.424 e. The van der Waals surface area contributed by atoms with Crippen LogP contribution < -0.4 is 10.3 Å². The first-order valence-corrected chi connectivity index (χ1v) is 10.1. The average molecular weight is 412 g/mol. The molecule has 1 heterocycles. The van der Waals surface area contributed by atoms with Crippen LogP contribution >= 0.6 is 7.60 Å². The van der Waals surface area contributed by atoms with E-state index < -0.39 is 38.6 Å². The molecule has 0 spiro atoms. The van der Waals surface area contributed by atoms with E-state index >= 15 is 0 Å². The molecule has 4 unspecified atom stereocenters. The average Bonchev–Trinajstić information content (AvgIpc) is 3.02. The van der Waals surface area contributed by atoms with E-state index in [2.05, 4.69) is 4.98 Å². The molecule has 0 aromatic carbocycles. The Kier molecular flexibility index (Phi) is 9.32. The van der Waals surface area contributed by atoms with E-state index in [1.54, 1.807) is 13.8 Å². The van der Waals surface area contributed by atoms with Gasteiger partial charge in [-0.15, -0.1) is 0 Å². The molecule has 1 aromatic heterocycles. The summed E-state index contributed by atoms with van der Waals surface area (Å²) < 4.78 is 29.0. The number of aryl methyl sites for hydroxylation is 1. The van der Waals surface area contributed by atoms with Crippen LogP contribution in [0.2, 0.25) is 0 Å². The Balaban J connectivity index is 3.04. The third-order valence-corrected chi connectivity index (χ3v) is 5.70. The van der Waals surface area contributed by atoms with Crippen molar-refractivity contribution in [3.63, 3.8) is 0 Å². The predicted octanol–water partition coefficient (Wildman–Crippen LogP) is -1.25. The largest absolute Gasteiger partial charge is 0.424 e. The zero-order valence-electron chi connectivity index (χ0n) is 15.8. The standard InChI is InChI=1S/C15H29N2O9P/c1-5-24-27(23,25-6-2)14-15(26-9(3)16-14)17(4)7-10(19)12(21)13(22)11(20)8-18/h10-13,18-22H,5-8H2,1-4H3. The molecule has 1 rings (SSSR count). The van der Waals surface area contributed by atoms with Gasteiger partial charge in [0.25, 0.3) is 0 Å². The predicted molar refractivity (Wildman–Crippen MR) is 96.1 cm³/mol. The van der Waals surface area contributed by atoms with Gasteiger partial charge in [-0.1, -0.05) is 0 Å². The van der Waals surface area contributed by atoms with E-state index in [-0.39, 0.29) is 37.0 Å². The second-order valence-electron chi connectivity index (χ2n) is 5.87. The van der Waals surface area contributed by atoms with E-state index in [4.69, 9.17) is 18.6 Å². The van der Waals surface area contributed by atoms with Crippen LogP contribution in [-0.4, -0.2) is 88.3 Å². The lowest BCUT2D eigenvalue weighted by atomic mass is 10.0. The van der Waals surface area contributed by atoms with Crippen molar-refractivity contribution in [2.45, 2.75) is 45.2 Å². The summed E-state index contributed by atoms with van der Waals surface area (Å²) in [6.45, 7) is 4.01. The first kappa shape index (κ1) is 24.0. The Hall–Kier alpha value is -1.04. The number of hydrogen-bond donors (Lipinski definition) is 5. The molecule has 0 bridgehead atoms. The smallest absolute Gasteiger partial charge is 0.385 e. The van der Waals surface area contributed by atoms with E-state index in [9.17, 15) is 25.0 Å². The summed E-state index contributed by atoms with van der Waals surface area (Å²) >= 11 is 0. The van der Waals surface area contributed by atoms with Crippen molar-refractivity contribution in [1.29, 1.82) is 0 Å². The van der Waals surface area contributed by atoms with Crippen LogP contribution in [0, 0.1) is 6.92 Å². The Morgan fingerprint density at radius 1 is 1.11 bits per heavy atom. The highest BCUT2D eigenvalue weighted by molar-refractivity contribution is 7.62. The Morgan fingerprint density at radius 3 is 2.11 bits per heavy atom. The Bertz CT molecular complexity index is 616. The van der Waals surface area contributed by atoms with Crippen molar-refractivity contribution in [1.82, 2.24) is 4.98 Å². The molecule has 0 amide bonds. The first-order chi connectivity index (χ1) is 12.6. The van der Waals surface area contributed by atoms with Crippen molar-refractivity contribution in [3.8, 4) is 0 Å². The quantitative estimate of drug-likeness (QED) is 0.260. The normalized spacial score (nSPS) is 16.8. The van der Waals surface area contributed by atoms with Gasteiger partial charge >= 0.3 is 7.60 Å². The molecule has 1 aromatic rings. The molecule has 0 saturated heterocycles. The van der Waals surface area contributed by atoms with Crippen molar-refractivity contribution in [2.24, 2.45) is 0 Å². The third-order valence-electron chi connectivity index (χ3n) is 3.69. The van der Waals surface area contributed by atoms with Gasteiger partial charge in [0, 0.05) is 20.5 Å². The number of oxazole rings is 1. The molecule has 0 aliphatic carbocycles. The SMILES string of the molecule is CCOP(=O)(OCC)c1nc(C)oc1N(C)CC(O)C(O)C(O)C(O)CO. The van der Waals surface area contributed by atoms with Gasteiger partial charge in [0.05, 0.1) is 19.8 Å². The van der Waals surface area contributed by atoms with Crippen LogP contribution in [0.5, 0.6) is 0 Å². The van der Waals surface area contributed by atoms with Crippen molar-refractivity contribution >= 4 is 18.9 Å². The van der Waals surface area contributed by atoms with Crippen LogP contribution in [0.4, 0.5) is 5.88 Å². The fourth-order valence-corrected chi connectivity index (χ4v) is 4.08. The molecule has 12 heteroatoms. The van der Waals surface area contributed by atoms with Crippen molar-refractivity contribution < 1.29 is 43.6 Å². The number of aromatic nitrogens is 1. The highest BCUT2D eigenvalue weighted by Crippen LogP contribution is 2.49. The molecule has 0 saturated carbocycles. The van der Waals surface area contributed by atoms with Crippen molar-refractivity contribution in [2.75, 3.05) is 38.3 Å². The van der Waals surface area contributed by atoms with Gasteiger partial charge in [0.1, 0.15) is 24.4 Å². The maximum Gasteiger partial charge on any atom is 0.385 e. The van der Waals surface area contributed by atoms with Crippen LogP contribution in [0.15, 0.2) is 4.42 Å². The summed E-state index contributed by atoms with van der Waals surface area (Å²) in [5.41, 5.74) is -0.0659. The zero-order valence-corrected chi connectivity index (χ0v) is 16.7. The first-order valence-electron chi connectivity index (χ1n) is 8.52. The second-order valence-corrected chi connectivity index (χ2v) is 7.81. The molecule has 0 aliphatic heterocycles. The molecular formula is C15H29N2O9P. The summed E-state index contributed by atoms with van der Waals surface area (Å²) in [6, 6.07) is 0. The maximum atomic E-state index is 13.0. The van der Waals surface area contributed by atoms with Gasteiger partial charge < -0.3 is 43.9 Å². The third kappa shape index (κ3) is 5.97. The molecule has 0 fully saturated rings. The van der Waals surface area contributed by atoms with Crippen LogP contribution in [0.3, 0.4) is 0 Å². The van der Waals surface area contributed by atoms with Crippen LogP contribution in [0.25, 0.3) is 0 Å². The van der Waals surface area contributed by atoms with Gasteiger partial charge in [0.15, 0.2) is 5.89 Å². The lowest BCUT2D eigenvalue weighted by Crippen LogP contribution is -2.49. The van der Waals surface area contributed by atoms with Gasteiger partial charge in [-0.05, 0) is 13.8 Å². The van der Waals surface area contributed by atoms with Crippen LogP contribution in [0.1, 0.15) is 19.7 Å². The number of aliphatic hydroxyl groups excluding tert-OH is 5. The molecule has 0 aliphatic rings. The van der Waals surface area contributed by atoms with Gasteiger partial charge in [-0.3, -0.25) is 4.57 Å². The highest BCUT2D eigenvalue weighted by Gasteiger charge is 2.38. The molecule has 27 heavy (non-hydrogen) atoms. The van der Waals surface area contributed by atoms with Gasteiger partial charge in [-0.2, -0.15) is 0 Å². The number of aliphatic hydroxyl groups is 5. The second kappa shape index (κ2) is 10.5. The minimum atomic E-state index is -3.76. The summed E-state index contributed by atoms with van der Waals surface area (Å²) in [4.78, 5) is 5.41. The number of likely N-dealkylation sites (N-methyl/N-ethyl adjacent to an activating group) is 1. The summed E-state index contributed by atoms with van der Waals surface area (Å²) in [6.07, 6.45) is -6.64. The lowest BCUT2D eigenvalue weighted by molar-refractivity contribution is -0.112. The van der Waals surface area contributed by atoms with E-state index in [0.717, 1.165) is 0 Å². The highest BCUT2D eigenvalue weighted by atomic mass is 31.2. The van der Waals surface area contributed by atoms with E-state index in [0.29, 0.717) is 0 Å². The summed E-state index contributed by atoms with van der Waals surface area (Å²) in [5, 5.41) is 48.0. The van der Waals surface area contributed by atoms with E-state index in [1.807, 2.05) is 0 Å². The summed E-state index contributed by atoms with van der Waals surface area (Å²) in [7, 11) is -2.28. The Morgan fingerprint density at radius 2 is 1.63 bits per heavy atom. The number of hydrogen-bond acceptors (Lipinski definition) is 11. The van der Waals surface area contributed by atoms with Gasteiger partial charge in [0.2, 0.25) is 11.3 Å². The van der Waals surface area contributed by atoms with Crippen molar-refractivity contribution in [3.05, 3.63) is 5.89 Å². The van der Waals surface area contributed by atoms with Crippen LogP contribution in [-0.2, 0) is 13.6 Å². The van der Waals surface area contributed by atoms with Gasteiger partial charge in [-0.25, -0.2) is 4.98 Å². The summed E-state index contributed by atoms with van der Waals surface area (Å²) in [5.74, 6) is 0.207. The number of rotatable bonds is 12. The monoisotopic (exact) mass is 412 g/mol. The molecule has 158 valence electrons. The molecule has 0 radical (unpaired) electrons. The fraction of sp³-hybridized carbons (Fsp3) is 0.800. The lowest BCUT2D eigenvalue weighted by Gasteiger charge is -2.29. The maximum absolute atomic E-state index is 13.0. The zero-order chi connectivity index (χ0) is 20.8. The Labute approximate surface area is 157 Å². The number of anilines is 1. The topological polar surface area (TPSA) is 166 Å². The van der Waals surface area contributed by atoms with E-state index in [1.165, 1.54) is 18.9 Å². The molecular weight excluding hydrogens is 383 g/mol. The molecule has 5 N–H and O–H groups in total. The number of nitrogens with zero attached hydrogens (tertiary/aromatic N) is 2.